The van der Waals surface area contributed by atoms with Crippen molar-refractivity contribution in [3.63, 3.8) is 0 Å². The van der Waals surface area contributed by atoms with Crippen LogP contribution in [0, 0.1) is 25.2 Å². The Morgan fingerprint density at radius 3 is 2.82 bits per heavy atom. The summed E-state index contributed by atoms with van der Waals surface area (Å²) in [7, 11) is 0. The van der Waals surface area contributed by atoms with E-state index in [1.165, 1.54) is 11.3 Å². The molecular formula is C16H15N3O2S. The molecule has 112 valence electrons. The molecule has 22 heavy (non-hydrogen) atoms. The van der Waals surface area contributed by atoms with Crippen molar-refractivity contribution < 1.29 is 9.53 Å². The number of nitriles is 1. The van der Waals surface area contributed by atoms with Gasteiger partial charge in [0, 0.05) is 6.20 Å². The Morgan fingerprint density at radius 1 is 1.45 bits per heavy atom. The van der Waals surface area contributed by atoms with Gasteiger partial charge < -0.3 is 14.9 Å². The second-order valence-electron chi connectivity index (χ2n) is 5.15. The maximum atomic E-state index is 12.0. The summed E-state index contributed by atoms with van der Waals surface area (Å²) in [4.78, 5) is 12.4. The number of anilines is 1. The lowest BCUT2D eigenvalue weighted by Gasteiger charge is -2.05. The quantitative estimate of drug-likeness (QED) is 0.735. The second-order valence-corrected chi connectivity index (χ2v) is 6.17. The Hall–Kier alpha value is -2.52. The van der Waals surface area contributed by atoms with Gasteiger partial charge in [-0.1, -0.05) is 6.07 Å². The lowest BCUT2D eigenvalue weighted by Crippen LogP contribution is -2.05. The number of carbonyl (C=O) groups excluding carboxylic acids is 1. The topological polar surface area (TPSA) is 80.5 Å². The molecule has 0 spiro atoms. The number of nitrogens with two attached hydrogens (primary N) is 1. The van der Waals surface area contributed by atoms with Crippen LogP contribution in [0.1, 0.15) is 33.3 Å². The standard InChI is InChI=1S/C16H15N3O2S/c1-4-21-16(20)15-11(18)13-14(22-15)10(6-17)12-9(3)5-8(2)7-19(12)13/h5,7H,4,18H2,1-3H3. The van der Waals surface area contributed by atoms with Gasteiger partial charge in [-0.25, -0.2) is 4.79 Å². The molecule has 6 heteroatoms. The molecule has 0 aliphatic heterocycles. The molecule has 5 nitrogen and oxygen atoms in total. The summed E-state index contributed by atoms with van der Waals surface area (Å²) in [6, 6.07) is 4.28. The van der Waals surface area contributed by atoms with Crippen molar-refractivity contribution in [1.29, 1.82) is 5.26 Å². The number of ether oxygens (including phenoxy) is 1. The highest BCUT2D eigenvalue weighted by atomic mass is 32.1. The molecular weight excluding hydrogens is 298 g/mol. The third-order valence-electron chi connectivity index (χ3n) is 3.59. The highest BCUT2D eigenvalue weighted by molar-refractivity contribution is 7.21. The van der Waals surface area contributed by atoms with Gasteiger partial charge in [-0.05, 0) is 31.9 Å². The van der Waals surface area contributed by atoms with Gasteiger partial charge in [0.1, 0.15) is 10.9 Å². The van der Waals surface area contributed by atoms with E-state index in [2.05, 4.69) is 6.07 Å². The monoisotopic (exact) mass is 313 g/mol. The summed E-state index contributed by atoms with van der Waals surface area (Å²) in [5, 5.41) is 9.54. The van der Waals surface area contributed by atoms with Gasteiger partial charge in [-0.15, -0.1) is 11.3 Å². The van der Waals surface area contributed by atoms with Crippen LogP contribution >= 0.6 is 11.3 Å². The number of fused-ring (bicyclic) bond motifs is 3. The zero-order valence-corrected chi connectivity index (χ0v) is 13.4. The molecule has 0 aliphatic carbocycles. The van der Waals surface area contributed by atoms with E-state index in [9.17, 15) is 10.1 Å². The summed E-state index contributed by atoms with van der Waals surface area (Å²) in [5.41, 5.74) is 10.7. The largest absolute Gasteiger partial charge is 0.462 e. The number of aromatic nitrogens is 1. The molecule has 0 saturated carbocycles. The Kier molecular flexibility index (Phi) is 3.30. The van der Waals surface area contributed by atoms with Gasteiger partial charge in [-0.2, -0.15) is 5.26 Å². The van der Waals surface area contributed by atoms with Crippen LogP contribution in [0.2, 0.25) is 0 Å². The van der Waals surface area contributed by atoms with E-state index in [-0.39, 0.29) is 6.61 Å². The number of nitrogen functional groups attached to an aromatic ring is 1. The van der Waals surface area contributed by atoms with Crippen LogP contribution in [0.5, 0.6) is 0 Å². The third-order valence-corrected chi connectivity index (χ3v) is 4.78. The normalized spacial score (nSPS) is 11.0. The lowest BCUT2D eigenvalue weighted by atomic mass is 10.1. The van der Waals surface area contributed by atoms with Gasteiger partial charge >= 0.3 is 5.97 Å². The predicted molar refractivity (Wildman–Crippen MR) is 87.3 cm³/mol. The molecule has 0 radical (unpaired) electrons. The van der Waals surface area contributed by atoms with Crippen LogP contribution in [0.15, 0.2) is 12.3 Å². The van der Waals surface area contributed by atoms with E-state index in [1.807, 2.05) is 30.5 Å². The summed E-state index contributed by atoms with van der Waals surface area (Å²) < 4.78 is 7.68. The Labute approximate surface area is 131 Å². The number of nitrogens with zero attached hydrogens (tertiary/aromatic N) is 2. The van der Waals surface area contributed by atoms with Crippen molar-refractivity contribution in [2.24, 2.45) is 0 Å². The number of pyridine rings is 1. The van der Waals surface area contributed by atoms with Crippen LogP contribution in [-0.2, 0) is 4.74 Å². The molecule has 0 fully saturated rings. The fourth-order valence-electron chi connectivity index (χ4n) is 2.80. The van der Waals surface area contributed by atoms with E-state index >= 15 is 0 Å². The molecule has 3 rings (SSSR count). The first kappa shape index (κ1) is 14.4. The highest BCUT2D eigenvalue weighted by Gasteiger charge is 2.24. The molecule has 0 atom stereocenters. The minimum Gasteiger partial charge on any atom is -0.462 e. The van der Waals surface area contributed by atoms with Crippen LogP contribution in [-0.4, -0.2) is 17.0 Å². The zero-order chi connectivity index (χ0) is 16.0. The maximum Gasteiger partial charge on any atom is 0.350 e. The average molecular weight is 313 g/mol. The first-order valence-electron chi connectivity index (χ1n) is 6.90. The average Bonchev–Trinajstić information content (AvgIpc) is 2.94. The van der Waals surface area contributed by atoms with Crippen LogP contribution < -0.4 is 5.73 Å². The molecule has 0 aromatic carbocycles. The van der Waals surface area contributed by atoms with Gasteiger partial charge in [0.05, 0.1) is 33.6 Å². The van der Waals surface area contributed by atoms with Crippen LogP contribution in [0.3, 0.4) is 0 Å². The smallest absolute Gasteiger partial charge is 0.350 e. The number of rotatable bonds is 2. The van der Waals surface area contributed by atoms with E-state index in [1.54, 1.807) is 6.92 Å². The van der Waals surface area contributed by atoms with Crippen molar-refractivity contribution in [1.82, 2.24) is 4.40 Å². The number of aryl methyl sites for hydroxylation is 2. The lowest BCUT2D eigenvalue weighted by molar-refractivity contribution is 0.0533. The number of thiophene rings is 1. The van der Waals surface area contributed by atoms with Crippen molar-refractivity contribution in [3.05, 3.63) is 33.8 Å². The zero-order valence-electron chi connectivity index (χ0n) is 12.6. The van der Waals surface area contributed by atoms with Crippen LogP contribution in [0.25, 0.3) is 15.7 Å². The predicted octanol–water partition coefficient (Wildman–Crippen LogP) is 3.40. The molecule has 2 N–H and O–H groups in total. The van der Waals surface area contributed by atoms with Gasteiger partial charge in [-0.3, -0.25) is 0 Å². The third kappa shape index (κ3) is 1.86. The Balaban J connectivity index is 2.45. The highest BCUT2D eigenvalue weighted by Crippen LogP contribution is 2.40. The number of hydrogen-bond acceptors (Lipinski definition) is 5. The first-order chi connectivity index (χ1) is 10.5. The van der Waals surface area contributed by atoms with E-state index in [0.29, 0.717) is 21.6 Å². The Bertz CT molecular complexity index is 960. The molecule has 3 aromatic rings. The molecule has 0 bridgehead atoms. The van der Waals surface area contributed by atoms with Gasteiger partial charge in [0.25, 0.3) is 0 Å². The van der Waals surface area contributed by atoms with Gasteiger partial charge in [0.2, 0.25) is 0 Å². The van der Waals surface area contributed by atoms with Crippen molar-refractivity contribution >= 4 is 38.7 Å². The minimum absolute atomic E-state index is 0.289. The fraction of sp³-hybridized carbons (Fsp3) is 0.250. The molecule has 3 aromatic heterocycles. The molecule has 0 amide bonds. The van der Waals surface area contributed by atoms with E-state index in [4.69, 9.17) is 10.5 Å². The van der Waals surface area contributed by atoms with E-state index in [0.717, 1.165) is 21.3 Å². The summed E-state index contributed by atoms with van der Waals surface area (Å²) in [6.07, 6.45) is 1.93. The van der Waals surface area contributed by atoms with Crippen molar-refractivity contribution in [3.8, 4) is 6.07 Å². The van der Waals surface area contributed by atoms with Crippen molar-refractivity contribution in [2.45, 2.75) is 20.8 Å². The van der Waals surface area contributed by atoms with E-state index < -0.39 is 5.97 Å². The summed E-state index contributed by atoms with van der Waals surface area (Å²) in [5.74, 6) is -0.441. The second kappa shape index (κ2) is 5.04. The van der Waals surface area contributed by atoms with Gasteiger partial charge in [0.15, 0.2) is 0 Å². The SMILES string of the molecule is CCOC(=O)c1sc2c(C#N)c3c(C)cc(C)cn3c2c1N. The first-order valence-corrected chi connectivity index (χ1v) is 7.71. The summed E-state index contributed by atoms with van der Waals surface area (Å²) >= 11 is 1.22. The maximum absolute atomic E-state index is 12.0. The molecule has 3 heterocycles. The number of hydrogen-bond donors (Lipinski definition) is 1. The number of esters is 1. The summed E-state index contributed by atoms with van der Waals surface area (Å²) in [6.45, 7) is 5.99. The molecule has 0 unspecified atom stereocenters. The number of carbonyl (C=O) groups is 1. The molecule has 0 aliphatic rings. The Morgan fingerprint density at radius 2 is 2.18 bits per heavy atom. The molecule has 0 saturated heterocycles. The minimum atomic E-state index is -0.441. The van der Waals surface area contributed by atoms with Crippen molar-refractivity contribution in [2.75, 3.05) is 12.3 Å². The fourth-order valence-corrected chi connectivity index (χ4v) is 3.91. The van der Waals surface area contributed by atoms with Crippen LogP contribution in [0.4, 0.5) is 5.69 Å².